The van der Waals surface area contributed by atoms with Gasteiger partial charge >= 0.3 is 5.97 Å². The number of hydrogen-bond acceptors (Lipinski definition) is 5. The summed E-state index contributed by atoms with van der Waals surface area (Å²) in [6.45, 7) is 0. The van der Waals surface area contributed by atoms with Crippen molar-refractivity contribution in [1.82, 2.24) is 8.75 Å². The monoisotopic (exact) mass is 267 g/mol. The molecule has 2 aromatic rings. The molecule has 1 heterocycles. The van der Waals surface area contributed by atoms with Gasteiger partial charge < -0.3 is 10.4 Å². The second kappa shape index (κ2) is 4.88. The minimum atomic E-state index is -1.40. The summed E-state index contributed by atoms with van der Waals surface area (Å²) >= 11 is 0.874. The molecule has 0 saturated heterocycles. The van der Waals surface area contributed by atoms with Crippen molar-refractivity contribution in [2.45, 2.75) is 0 Å². The zero-order chi connectivity index (χ0) is 13.1. The zero-order valence-electron chi connectivity index (χ0n) is 8.75. The van der Waals surface area contributed by atoms with Gasteiger partial charge in [0.25, 0.3) is 5.91 Å². The van der Waals surface area contributed by atoms with Gasteiger partial charge in [-0.3, -0.25) is 4.79 Å². The van der Waals surface area contributed by atoms with E-state index in [-0.39, 0.29) is 11.4 Å². The first-order valence-electron chi connectivity index (χ1n) is 4.69. The van der Waals surface area contributed by atoms with Crippen LogP contribution in [-0.4, -0.2) is 25.7 Å². The van der Waals surface area contributed by atoms with E-state index in [4.69, 9.17) is 5.11 Å². The Morgan fingerprint density at radius 1 is 1.39 bits per heavy atom. The Balaban J connectivity index is 2.22. The van der Waals surface area contributed by atoms with E-state index in [1.54, 1.807) is 0 Å². The lowest BCUT2D eigenvalue weighted by molar-refractivity contribution is 0.0691. The molecule has 1 amide bonds. The second-order valence-corrected chi connectivity index (χ2v) is 3.80. The van der Waals surface area contributed by atoms with E-state index in [0.717, 1.165) is 23.9 Å². The molecule has 0 saturated carbocycles. The van der Waals surface area contributed by atoms with Gasteiger partial charge in [0, 0.05) is 5.69 Å². The van der Waals surface area contributed by atoms with Crippen LogP contribution in [0.3, 0.4) is 0 Å². The Kier molecular flexibility index (Phi) is 3.28. The van der Waals surface area contributed by atoms with Gasteiger partial charge in [-0.1, -0.05) is 0 Å². The number of hydrogen-bond donors (Lipinski definition) is 2. The number of benzene rings is 1. The van der Waals surface area contributed by atoms with Crippen LogP contribution in [0.5, 0.6) is 0 Å². The topological polar surface area (TPSA) is 92.2 Å². The molecule has 0 atom stereocenters. The molecule has 0 bridgehead atoms. The van der Waals surface area contributed by atoms with E-state index in [0.29, 0.717) is 0 Å². The Hall–Kier alpha value is -2.35. The van der Waals surface area contributed by atoms with Crippen LogP contribution < -0.4 is 5.32 Å². The number of nitrogens with zero attached hydrogens (tertiary/aromatic N) is 2. The maximum absolute atomic E-state index is 13.1. The van der Waals surface area contributed by atoms with Gasteiger partial charge in [0.15, 0.2) is 5.69 Å². The lowest BCUT2D eigenvalue weighted by Crippen LogP contribution is -2.13. The largest absolute Gasteiger partial charge is 0.478 e. The summed E-state index contributed by atoms with van der Waals surface area (Å²) in [4.78, 5) is 22.3. The van der Waals surface area contributed by atoms with Crippen molar-refractivity contribution < 1.29 is 19.1 Å². The molecule has 0 fully saturated rings. The number of carbonyl (C=O) groups excluding carboxylic acids is 1. The molecule has 1 aromatic heterocycles. The third kappa shape index (κ3) is 2.48. The van der Waals surface area contributed by atoms with Crippen LogP contribution >= 0.6 is 11.7 Å². The zero-order valence-corrected chi connectivity index (χ0v) is 9.57. The SMILES string of the molecule is O=C(Nc1ccc(F)c(C(=O)O)c1)c1cnsn1. The van der Waals surface area contributed by atoms with Gasteiger partial charge in [0.05, 0.1) is 23.5 Å². The number of nitrogens with one attached hydrogen (secondary N) is 1. The quantitative estimate of drug-likeness (QED) is 0.881. The van der Waals surface area contributed by atoms with Crippen molar-refractivity contribution in [1.29, 1.82) is 0 Å². The molecule has 2 N–H and O–H groups in total. The highest BCUT2D eigenvalue weighted by Gasteiger charge is 2.13. The summed E-state index contributed by atoms with van der Waals surface area (Å²) in [5, 5.41) is 11.1. The van der Waals surface area contributed by atoms with Gasteiger partial charge in [-0.2, -0.15) is 8.75 Å². The molecule has 0 spiro atoms. The number of carboxylic acids is 1. The molecular weight excluding hydrogens is 261 g/mol. The summed E-state index contributed by atoms with van der Waals surface area (Å²) in [6.07, 6.45) is 1.28. The average molecular weight is 267 g/mol. The fraction of sp³-hybridized carbons (Fsp3) is 0. The lowest BCUT2D eigenvalue weighted by atomic mass is 10.2. The molecule has 0 aliphatic carbocycles. The van der Waals surface area contributed by atoms with Crippen molar-refractivity contribution in [3.63, 3.8) is 0 Å². The first-order chi connectivity index (χ1) is 8.58. The first-order valence-corrected chi connectivity index (χ1v) is 5.42. The van der Waals surface area contributed by atoms with E-state index in [2.05, 4.69) is 14.1 Å². The van der Waals surface area contributed by atoms with E-state index >= 15 is 0 Å². The Morgan fingerprint density at radius 2 is 2.17 bits per heavy atom. The maximum atomic E-state index is 13.1. The van der Waals surface area contributed by atoms with Gasteiger partial charge in [-0.05, 0) is 18.2 Å². The molecule has 0 aliphatic heterocycles. The highest BCUT2D eigenvalue weighted by Crippen LogP contribution is 2.15. The summed E-state index contributed by atoms with van der Waals surface area (Å²) in [7, 11) is 0. The summed E-state index contributed by atoms with van der Waals surface area (Å²) in [5.41, 5.74) is -0.225. The van der Waals surface area contributed by atoms with Gasteiger partial charge in [0.1, 0.15) is 5.82 Å². The maximum Gasteiger partial charge on any atom is 0.338 e. The van der Waals surface area contributed by atoms with Crippen LogP contribution in [0, 0.1) is 5.82 Å². The van der Waals surface area contributed by atoms with Crippen LogP contribution in [0.1, 0.15) is 20.8 Å². The minimum Gasteiger partial charge on any atom is -0.478 e. The number of amides is 1. The molecule has 18 heavy (non-hydrogen) atoms. The summed E-state index contributed by atoms with van der Waals surface area (Å²) in [6, 6.07) is 3.27. The molecule has 0 aliphatic rings. The molecular formula is C10H6FN3O3S. The standard InChI is InChI=1S/C10H6FN3O3S/c11-7-2-1-5(3-6(7)10(16)17)13-9(15)8-4-12-18-14-8/h1-4H,(H,13,15)(H,16,17). The third-order valence-corrected chi connectivity index (χ3v) is 2.53. The summed E-state index contributed by atoms with van der Waals surface area (Å²) < 4.78 is 20.5. The lowest BCUT2D eigenvalue weighted by Gasteiger charge is -2.04. The second-order valence-electron chi connectivity index (χ2n) is 3.25. The van der Waals surface area contributed by atoms with E-state index in [9.17, 15) is 14.0 Å². The van der Waals surface area contributed by atoms with Gasteiger partial charge in [-0.15, -0.1) is 0 Å². The van der Waals surface area contributed by atoms with Crippen LogP contribution in [0.4, 0.5) is 10.1 Å². The predicted molar refractivity (Wildman–Crippen MR) is 61.2 cm³/mol. The third-order valence-electron chi connectivity index (χ3n) is 2.05. The molecule has 92 valence electrons. The number of anilines is 1. The normalized spacial score (nSPS) is 10.1. The number of carboxylic acid groups (broad SMARTS) is 1. The molecule has 0 radical (unpaired) electrons. The Bertz CT molecular complexity index is 600. The van der Waals surface area contributed by atoms with Gasteiger partial charge in [0.2, 0.25) is 0 Å². The van der Waals surface area contributed by atoms with Crippen molar-refractivity contribution >= 4 is 29.3 Å². The molecule has 8 heteroatoms. The molecule has 1 aromatic carbocycles. The van der Waals surface area contributed by atoms with Crippen LogP contribution in [0.15, 0.2) is 24.4 Å². The van der Waals surface area contributed by atoms with E-state index in [1.165, 1.54) is 12.3 Å². The van der Waals surface area contributed by atoms with Crippen molar-refractivity contribution in [2.75, 3.05) is 5.32 Å². The molecule has 2 rings (SSSR count). The Labute approximate surface area is 104 Å². The van der Waals surface area contributed by atoms with Crippen LogP contribution in [0.25, 0.3) is 0 Å². The minimum absolute atomic E-state index is 0.112. The first kappa shape index (κ1) is 12.1. The molecule has 6 nitrogen and oxygen atoms in total. The van der Waals surface area contributed by atoms with E-state index < -0.39 is 23.3 Å². The van der Waals surface area contributed by atoms with Gasteiger partial charge in [-0.25, -0.2) is 9.18 Å². The number of aromatic carboxylic acids is 1. The van der Waals surface area contributed by atoms with Crippen molar-refractivity contribution in [3.8, 4) is 0 Å². The van der Waals surface area contributed by atoms with Crippen LogP contribution in [0.2, 0.25) is 0 Å². The smallest absolute Gasteiger partial charge is 0.338 e. The Morgan fingerprint density at radius 3 is 2.78 bits per heavy atom. The van der Waals surface area contributed by atoms with Crippen LogP contribution in [-0.2, 0) is 0 Å². The summed E-state index contributed by atoms with van der Waals surface area (Å²) in [5.74, 6) is -2.80. The predicted octanol–water partition coefficient (Wildman–Crippen LogP) is 1.63. The highest BCUT2D eigenvalue weighted by molar-refractivity contribution is 6.99. The number of aromatic nitrogens is 2. The highest BCUT2D eigenvalue weighted by atomic mass is 32.1. The van der Waals surface area contributed by atoms with Crippen molar-refractivity contribution in [3.05, 3.63) is 41.5 Å². The van der Waals surface area contributed by atoms with Crippen molar-refractivity contribution in [2.24, 2.45) is 0 Å². The number of rotatable bonds is 3. The number of halogens is 1. The fourth-order valence-electron chi connectivity index (χ4n) is 1.23. The average Bonchev–Trinajstić information content (AvgIpc) is 2.85. The van der Waals surface area contributed by atoms with E-state index in [1.807, 2.05) is 0 Å². The fourth-order valence-corrected chi connectivity index (χ4v) is 1.64. The molecule has 0 unspecified atom stereocenters. The number of carbonyl (C=O) groups is 2.